The number of hydrogen-bond acceptors (Lipinski definition) is 6. The van der Waals surface area contributed by atoms with Gasteiger partial charge in [-0.25, -0.2) is 4.98 Å². The molecule has 1 fully saturated rings. The van der Waals surface area contributed by atoms with E-state index in [1.165, 1.54) is 0 Å². The van der Waals surface area contributed by atoms with Crippen LogP contribution in [0.2, 0.25) is 0 Å². The molecule has 0 bridgehead atoms. The molecular weight excluding hydrogens is 268 g/mol. The number of nitrogens with zero attached hydrogens (tertiary/aromatic N) is 3. The molecule has 6 heteroatoms. The highest BCUT2D eigenvalue weighted by Gasteiger charge is 2.16. The molecule has 1 aromatic rings. The second kappa shape index (κ2) is 6.76. The lowest BCUT2D eigenvalue weighted by atomic mass is 10.1. The summed E-state index contributed by atoms with van der Waals surface area (Å²) in [5.74, 6) is 1.65. The molecule has 0 radical (unpaired) electrons. The first-order valence-electron chi connectivity index (χ1n) is 7.50. The van der Waals surface area contributed by atoms with E-state index in [2.05, 4.69) is 20.2 Å². The predicted octanol–water partition coefficient (Wildman–Crippen LogP) is 1.03. The third-order valence-electron chi connectivity index (χ3n) is 3.76. The smallest absolute Gasteiger partial charge is 0.213 e. The summed E-state index contributed by atoms with van der Waals surface area (Å²) in [6, 6.07) is 4.00. The molecule has 3 heterocycles. The Hall–Kier alpha value is -1.82. The number of guanidine groups is 1. The van der Waals surface area contributed by atoms with Crippen LogP contribution >= 0.6 is 0 Å². The number of likely N-dealkylation sites (N-methyl/N-ethyl adjacent to an activating group) is 1. The maximum atomic E-state index is 5.93. The minimum Gasteiger partial charge on any atom is -0.474 e. The SMILES string of the molecule is CN1CCN=C1NCc1ccnc(OC2CCOCC2)c1. The lowest BCUT2D eigenvalue weighted by Crippen LogP contribution is -2.35. The third kappa shape index (κ3) is 3.85. The topological polar surface area (TPSA) is 59.0 Å². The number of rotatable bonds is 4. The zero-order valence-corrected chi connectivity index (χ0v) is 12.4. The van der Waals surface area contributed by atoms with Crippen molar-refractivity contribution in [2.75, 3.05) is 33.4 Å². The van der Waals surface area contributed by atoms with E-state index in [-0.39, 0.29) is 6.10 Å². The van der Waals surface area contributed by atoms with Gasteiger partial charge in [-0.05, 0) is 11.6 Å². The number of nitrogens with one attached hydrogen (secondary N) is 1. The van der Waals surface area contributed by atoms with Gasteiger partial charge in [0.15, 0.2) is 5.96 Å². The Morgan fingerprint density at radius 3 is 3.05 bits per heavy atom. The molecule has 0 aliphatic carbocycles. The highest BCUT2D eigenvalue weighted by atomic mass is 16.5. The fourth-order valence-electron chi connectivity index (χ4n) is 2.49. The van der Waals surface area contributed by atoms with E-state index >= 15 is 0 Å². The summed E-state index contributed by atoms with van der Waals surface area (Å²) in [4.78, 5) is 10.8. The van der Waals surface area contributed by atoms with Crippen LogP contribution in [0.4, 0.5) is 0 Å². The van der Waals surface area contributed by atoms with E-state index in [0.29, 0.717) is 5.88 Å². The van der Waals surface area contributed by atoms with Gasteiger partial charge >= 0.3 is 0 Å². The van der Waals surface area contributed by atoms with Crippen LogP contribution in [-0.4, -0.2) is 55.3 Å². The van der Waals surface area contributed by atoms with Gasteiger partial charge in [-0.2, -0.15) is 0 Å². The molecular formula is C15H22N4O2. The summed E-state index contributed by atoms with van der Waals surface area (Å²) in [5.41, 5.74) is 1.15. The van der Waals surface area contributed by atoms with Crippen LogP contribution < -0.4 is 10.1 Å². The summed E-state index contributed by atoms with van der Waals surface area (Å²) in [5, 5.41) is 3.35. The molecule has 6 nitrogen and oxygen atoms in total. The average Bonchev–Trinajstić information content (AvgIpc) is 2.92. The van der Waals surface area contributed by atoms with Crippen molar-refractivity contribution in [2.24, 2.45) is 4.99 Å². The first-order chi connectivity index (χ1) is 10.3. The summed E-state index contributed by atoms with van der Waals surface area (Å²) < 4.78 is 11.3. The Morgan fingerprint density at radius 2 is 2.29 bits per heavy atom. The lowest BCUT2D eigenvalue weighted by molar-refractivity contribution is 0.0237. The molecule has 21 heavy (non-hydrogen) atoms. The first-order valence-corrected chi connectivity index (χ1v) is 7.50. The fraction of sp³-hybridized carbons (Fsp3) is 0.600. The normalized spacial score (nSPS) is 19.5. The monoisotopic (exact) mass is 290 g/mol. The molecule has 0 amide bonds. The van der Waals surface area contributed by atoms with Crippen LogP contribution in [-0.2, 0) is 11.3 Å². The Balaban J connectivity index is 1.55. The summed E-state index contributed by atoms with van der Waals surface area (Å²) in [6.07, 6.45) is 3.89. The zero-order chi connectivity index (χ0) is 14.5. The van der Waals surface area contributed by atoms with Crippen molar-refractivity contribution in [3.8, 4) is 5.88 Å². The molecule has 3 rings (SSSR count). The predicted molar refractivity (Wildman–Crippen MR) is 80.5 cm³/mol. The Bertz CT molecular complexity index is 500. The molecule has 0 saturated carbocycles. The van der Waals surface area contributed by atoms with Gasteiger partial charge in [0.05, 0.1) is 19.8 Å². The Morgan fingerprint density at radius 1 is 1.43 bits per heavy atom. The van der Waals surface area contributed by atoms with Gasteiger partial charge < -0.3 is 19.7 Å². The van der Waals surface area contributed by atoms with Crippen molar-refractivity contribution < 1.29 is 9.47 Å². The number of hydrogen-bond donors (Lipinski definition) is 1. The minimum absolute atomic E-state index is 0.222. The van der Waals surface area contributed by atoms with Crippen molar-refractivity contribution in [3.05, 3.63) is 23.9 Å². The minimum atomic E-state index is 0.222. The van der Waals surface area contributed by atoms with Crippen LogP contribution in [0, 0.1) is 0 Å². The first kappa shape index (κ1) is 14.1. The largest absolute Gasteiger partial charge is 0.474 e. The number of ether oxygens (including phenoxy) is 2. The van der Waals surface area contributed by atoms with Crippen LogP contribution in [0.15, 0.2) is 23.3 Å². The molecule has 0 unspecified atom stereocenters. The van der Waals surface area contributed by atoms with E-state index < -0.39 is 0 Å². The van der Waals surface area contributed by atoms with E-state index in [0.717, 1.165) is 57.2 Å². The molecule has 1 N–H and O–H groups in total. The Labute approximate surface area is 125 Å². The van der Waals surface area contributed by atoms with Crippen molar-refractivity contribution in [2.45, 2.75) is 25.5 Å². The van der Waals surface area contributed by atoms with Crippen molar-refractivity contribution >= 4 is 5.96 Å². The van der Waals surface area contributed by atoms with Gasteiger partial charge in [-0.1, -0.05) is 0 Å². The van der Waals surface area contributed by atoms with Gasteiger partial charge in [0.1, 0.15) is 6.10 Å². The molecule has 2 aliphatic heterocycles. The second-order valence-corrected chi connectivity index (χ2v) is 5.41. The van der Waals surface area contributed by atoms with Gasteiger partial charge in [0, 0.05) is 45.2 Å². The summed E-state index contributed by atoms with van der Waals surface area (Å²) in [6.45, 7) is 4.13. The number of aromatic nitrogens is 1. The highest BCUT2D eigenvalue weighted by Crippen LogP contribution is 2.16. The maximum absolute atomic E-state index is 5.93. The molecule has 114 valence electrons. The Kier molecular flexibility index (Phi) is 4.55. The van der Waals surface area contributed by atoms with Crippen LogP contribution in [0.5, 0.6) is 5.88 Å². The standard InChI is InChI=1S/C15H22N4O2/c1-19-7-6-17-15(19)18-11-12-2-5-16-14(10-12)21-13-3-8-20-9-4-13/h2,5,10,13H,3-4,6-9,11H2,1H3,(H,17,18). The van der Waals surface area contributed by atoms with Crippen molar-refractivity contribution in [1.82, 2.24) is 15.2 Å². The average molecular weight is 290 g/mol. The third-order valence-corrected chi connectivity index (χ3v) is 3.76. The van der Waals surface area contributed by atoms with Crippen molar-refractivity contribution in [3.63, 3.8) is 0 Å². The molecule has 1 saturated heterocycles. The van der Waals surface area contributed by atoms with E-state index in [4.69, 9.17) is 9.47 Å². The fourth-order valence-corrected chi connectivity index (χ4v) is 2.49. The summed E-state index contributed by atoms with van der Waals surface area (Å²) >= 11 is 0. The van der Waals surface area contributed by atoms with E-state index in [1.807, 2.05) is 19.2 Å². The second-order valence-electron chi connectivity index (χ2n) is 5.41. The summed E-state index contributed by atoms with van der Waals surface area (Å²) in [7, 11) is 2.05. The van der Waals surface area contributed by atoms with Crippen LogP contribution in [0.3, 0.4) is 0 Å². The molecule has 0 atom stereocenters. The molecule has 2 aliphatic rings. The van der Waals surface area contributed by atoms with Gasteiger partial charge in [0.25, 0.3) is 0 Å². The molecule has 0 aromatic carbocycles. The van der Waals surface area contributed by atoms with Crippen LogP contribution in [0.1, 0.15) is 18.4 Å². The quantitative estimate of drug-likeness (QED) is 0.897. The van der Waals surface area contributed by atoms with Crippen molar-refractivity contribution in [1.29, 1.82) is 0 Å². The lowest BCUT2D eigenvalue weighted by Gasteiger charge is -2.22. The van der Waals surface area contributed by atoms with Gasteiger partial charge in [-0.3, -0.25) is 4.99 Å². The van der Waals surface area contributed by atoms with E-state index in [1.54, 1.807) is 6.20 Å². The maximum Gasteiger partial charge on any atom is 0.213 e. The number of pyridine rings is 1. The van der Waals surface area contributed by atoms with E-state index in [9.17, 15) is 0 Å². The van der Waals surface area contributed by atoms with Crippen LogP contribution in [0.25, 0.3) is 0 Å². The zero-order valence-electron chi connectivity index (χ0n) is 12.4. The number of aliphatic imine (C=N–C) groups is 1. The van der Waals surface area contributed by atoms with Gasteiger partial charge in [0.2, 0.25) is 5.88 Å². The molecule has 0 spiro atoms. The van der Waals surface area contributed by atoms with Gasteiger partial charge in [-0.15, -0.1) is 0 Å². The molecule has 1 aromatic heterocycles. The highest BCUT2D eigenvalue weighted by molar-refractivity contribution is 5.81.